The van der Waals surface area contributed by atoms with Crippen LogP contribution in [0.1, 0.15) is 43.7 Å². The van der Waals surface area contributed by atoms with Gasteiger partial charge in [0.15, 0.2) is 0 Å². The number of hydrogen-bond donors (Lipinski definition) is 0. The molecule has 1 radical (unpaired) electrons. The Morgan fingerprint density at radius 3 is 2.54 bits per heavy atom. The minimum absolute atomic E-state index is 0.742. The van der Waals surface area contributed by atoms with Gasteiger partial charge in [-0.2, -0.15) is 0 Å². The van der Waals surface area contributed by atoms with Crippen molar-refractivity contribution >= 4 is 11.6 Å². The monoisotopic (exact) mass is 193 g/mol. The Morgan fingerprint density at radius 2 is 2.00 bits per heavy atom. The molecule has 0 atom stereocenters. The third-order valence-corrected chi connectivity index (χ3v) is 2.93. The van der Waals surface area contributed by atoms with E-state index in [-0.39, 0.29) is 0 Å². The highest BCUT2D eigenvalue weighted by Crippen LogP contribution is 2.43. The first kappa shape index (κ1) is 9.08. The van der Waals surface area contributed by atoms with Crippen molar-refractivity contribution in [2.75, 3.05) is 0 Å². The van der Waals surface area contributed by atoms with E-state index in [0.717, 1.165) is 10.9 Å². The second kappa shape index (κ2) is 3.34. The van der Waals surface area contributed by atoms with E-state index in [1.807, 2.05) is 6.07 Å². The molecule has 1 aromatic carbocycles. The molecule has 1 aliphatic rings. The first-order valence-electron chi connectivity index (χ1n) is 4.78. The summed E-state index contributed by atoms with van der Waals surface area (Å²) in [6.07, 6.45) is 2.62. The van der Waals surface area contributed by atoms with Crippen LogP contribution >= 0.6 is 11.6 Å². The van der Waals surface area contributed by atoms with Gasteiger partial charge in [-0.05, 0) is 41.9 Å². The molecular weight excluding hydrogens is 180 g/mol. The minimum atomic E-state index is 0.742. The van der Waals surface area contributed by atoms with Gasteiger partial charge in [0.2, 0.25) is 0 Å². The minimum Gasteiger partial charge on any atom is -0.0840 e. The summed E-state index contributed by atoms with van der Waals surface area (Å²) in [5.74, 6) is 2.10. The lowest BCUT2D eigenvalue weighted by Gasteiger charge is -2.08. The normalized spacial score (nSPS) is 16.6. The first-order valence-corrected chi connectivity index (χ1v) is 5.16. The average molecular weight is 194 g/mol. The van der Waals surface area contributed by atoms with Gasteiger partial charge >= 0.3 is 0 Å². The quantitative estimate of drug-likeness (QED) is 0.661. The van der Waals surface area contributed by atoms with Crippen LogP contribution in [0.15, 0.2) is 18.2 Å². The maximum Gasteiger partial charge on any atom is 0.0441 e. The Balaban J connectivity index is 2.36. The van der Waals surface area contributed by atoms with E-state index in [2.05, 4.69) is 26.0 Å². The van der Waals surface area contributed by atoms with Gasteiger partial charge in [-0.3, -0.25) is 0 Å². The highest BCUT2D eigenvalue weighted by Gasteiger charge is 2.25. The van der Waals surface area contributed by atoms with E-state index in [1.54, 1.807) is 0 Å². The molecule has 0 saturated heterocycles. The van der Waals surface area contributed by atoms with Gasteiger partial charge in [0.1, 0.15) is 0 Å². The van der Waals surface area contributed by atoms with Gasteiger partial charge in [0.25, 0.3) is 0 Å². The molecule has 1 aromatic rings. The topological polar surface area (TPSA) is 0 Å². The van der Waals surface area contributed by atoms with Crippen LogP contribution in [0.5, 0.6) is 0 Å². The van der Waals surface area contributed by atoms with Crippen molar-refractivity contribution < 1.29 is 0 Å². The van der Waals surface area contributed by atoms with Crippen LogP contribution < -0.4 is 0 Å². The van der Waals surface area contributed by atoms with Crippen LogP contribution in [0.25, 0.3) is 0 Å². The molecule has 69 valence electrons. The molecule has 0 spiro atoms. The molecule has 1 fully saturated rings. The molecule has 1 saturated carbocycles. The molecule has 13 heavy (non-hydrogen) atoms. The zero-order valence-electron chi connectivity index (χ0n) is 8.10. The summed E-state index contributed by atoms with van der Waals surface area (Å²) >= 11 is 6.13. The summed E-state index contributed by atoms with van der Waals surface area (Å²) in [5, 5.41) is 0.938. The predicted octanol–water partition coefficient (Wildman–Crippen LogP) is 4.18. The highest BCUT2D eigenvalue weighted by molar-refractivity contribution is 6.31. The molecule has 0 bridgehead atoms. The van der Waals surface area contributed by atoms with Crippen molar-refractivity contribution in [2.45, 2.75) is 32.6 Å². The van der Waals surface area contributed by atoms with E-state index in [0.29, 0.717) is 0 Å². The molecule has 0 aromatic heterocycles. The van der Waals surface area contributed by atoms with Crippen LogP contribution in [0.3, 0.4) is 0 Å². The van der Waals surface area contributed by atoms with E-state index in [9.17, 15) is 0 Å². The van der Waals surface area contributed by atoms with E-state index < -0.39 is 0 Å². The van der Waals surface area contributed by atoms with Crippen molar-refractivity contribution in [3.05, 3.63) is 40.3 Å². The summed E-state index contributed by atoms with van der Waals surface area (Å²) in [6, 6.07) is 6.37. The van der Waals surface area contributed by atoms with E-state index in [1.165, 1.54) is 29.9 Å². The predicted molar refractivity (Wildman–Crippen MR) is 57.1 cm³/mol. The summed E-state index contributed by atoms with van der Waals surface area (Å²) < 4.78 is 0. The zero-order chi connectivity index (χ0) is 9.42. The summed E-state index contributed by atoms with van der Waals surface area (Å²) in [5.41, 5.74) is 2.67. The van der Waals surface area contributed by atoms with Crippen LogP contribution in [0, 0.1) is 5.92 Å². The smallest absolute Gasteiger partial charge is 0.0441 e. The van der Waals surface area contributed by atoms with Gasteiger partial charge in [-0.15, -0.1) is 0 Å². The fraction of sp³-hybridized carbons (Fsp3) is 0.417. The second-order valence-electron chi connectivity index (χ2n) is 4.01. The van der Waals surface area contributed by atoms with E-state index >= 15 is 0 Å². The van der Waals surface area contributed by atoms with Crippen molar-refractivity contribution in [1.29, 1.82) is 0 Å². The standard InChI is InChI=1S/C12H14Cl/c1-8(2)10-5-6-12(13)11(7-10)9-3-4-9/h5-7,9H,3-4H2,1-2H3. The van der Waals surface area contributed by atoms with Gasteiger partial charge in [0, 0.05) is 5.02 Å². The highest BCUT2D eigenvalue weighted by atomic mass is 35.5. The summed E-state index contributed by atoms with van der Waals surface area (Å²) in [4.78, 5) is 0. The molecule has 0 amide bonds. The fourth-order valence-corrected chi connectivity index (χ4v) is 1.83. The van der Waals surface area contributed by atoms with Gasteiger partial charge in [0.05, 0.1) is 0 Å². The molecule has 1 heteroatoms. The lowest BCUT2D eigenvalue weighted by atomic mass is 9.99. The zero-order valence-corrected chi connectivity index (χ0v) is 8.86. The molecule has 0 N–H and O–H groups in total. The molecule has 2 rings (SSSR count). The fourth-order valence-electron chi connectivity index (χ4n) is 1.56. The summed E-state index contributed by atoms with van der Waals surface area (Å²) in [6.45, 7) is 4.28. The second-order valence-corrected chi connectivity index (χ2v) is 4.42. The van der Waals surface area contributed by atoms with Gasteiger partial charge in [-0.25, -0.2) is 0 Å². The molecule has 0 heterocycles. The number of hydrogen-bond acceptors (Lipinski definition) is 0. The number of halogens is 1. The van der Waals surface area contributed by atoms with Gasteiger partial charge < -0.3 is 0 Å². The Hall–Kier alpha value is -0.490. The van der Waals surface area contributed by atoms with Crippen LogP contribution in [-0.4, -0.2) is 0 Å². The van der Waals surface area contributed by atoms with Crippen LogP contribution in [0.2, 0.25) is 5.02 Å². The van der Waals surface area contributed by atoms with Crippen molar-refractivity contribution in [2.24, 2.45) is 0 Å². The molecule has 0 aliphatic heterocycles. The first-order chi connectivity index (χ1) is 6.18. The van der Waals surface area contributed by atoms with Crippen molar-refractivity contribution in [3.8, 4) is 0 Å². The summed E-state index contributed by atoms with van der Waals surface area (Å²) in [7, 11) is 0. The lowest BCUT2D eigenvalue weighted by Crippen LogP contribution is -1.91. The SMILES string of the molecule is C[C](C)c1ccc(Cl)c(C2CC2)c1. The maximum absolute atomic E-state index is 6.13. The number of rotatable bonds is 2. The maximum atomic E-state index is 6.13. The molecule has 1 aliphatic carbocycles. The Bertz CT molecular complexity index is 311. The van der Waals surface area contributed by atoms with Crippen LogP contribution in [-0.2, 0) is 0 Å². The Morgan fingerprint density at radius 1 is 1.31 bits per heavy atom. The molecule has 0 unspecified atom stereocenters. The Labute approximate surface area is 84.9 Å². The Kier molecular flexibility index (Phi) is 2.33. The van der Waals surface area contributed by atoms with Crippen molar-refractivity contribution in [1.82, 2.24) is 0 Å². The largest absolute Gasteiger partial charge is 0.0840 e. The number of benzene rings is 1. The third kappa shape index (κ3) is 1.88. The van der Waals surface area contributed by atoms with Gasteiger partial charge in [-0.1, -0.05) is 37.6 Å². The van der Waals surface area contributed by atoms with Crippen LogP contribution in [0.4, 0.5) is 0 Å². The average Bonchev–Trinajstić information content (AvgIpc) is 2.87. The molecular formula is C12H14Cl. The van der Waals surface area contributed by atoms with Crippen molar-refractivity contribution in [3.63, 3.8) is 0 Å². The van der Waals surface area contributed by atoms with E-state index in [4.69, 9.17) is 11.6 Å². The third-order valence-electron chi connectivity index (χ3n) is 2.59. The molecule has 0 nitrogen and oxygen atoms in total. The lowest BCUT2D eigenvalue weighted by molar-refractivity contribution is 1.09.